The third-order valence-corrected chi connectivity index (χ3v) is 2.82. The first-order valence-electron chi connectivity index (χ1n) is 6.41. The van der Waals surface area contributed by atoms with Gasteiger partial charge >= 0.3 is 0 Å². The average molecular weight is 293 g/mol. The third kappa shape index (κ3) is 3.54. The smallest absolute Gasteiger partial charge is 0.270 e. The fourth-order valence-corrected chi connectivity index (χ4v) is 1.74. The third-order valence-electron chi connectivity index (χ3n) is 2.82. The van der Waals surface area contributed by atoms with Gasteiger partial charge in [0.05, 0.1) is 11.0 Å². The van der Waals surface area contributed by atoms with Crippen molar-refractivity contribution in [2.24, 2.45) is 0 Å². The van der Waals surface area contributed by atoms with Crippen LogP contribution >= 0.6 is 0 Å². The summed E-state index contributed by atoms with van der Waals surface area (Å²) < 4.78 is 10.8. The van der Waals surface area contributed by atoms with E-state index in [1.54, 1.807) is 0 Å². The summed E-state index contributed by atoms with van der Waals surface area (Å²) in [6.07, 6.45) is -0.266. The molecule has 0 bridgehead atoms. The molecule has 2 aromatic rings. The summed E-state index contributed by atoms with van der Waals surface area (Å²) in [5.41, 5.74) is 0.226. The maximum Gasteiger partial charge on any atom is 0.270 e. The number of aliphatic hydroxyl groups excluding tert-OH is 1. The number of aromatic nitrogens is 2. The lowest BCUT2D eigenvalue weighted by atomic mass is 10.1. The Balaban J connectivity index is 2.17. The molecule has 0 unspecified atom stereocenters. The monoisotopic (exact) mass is 293 g/mol. The van der Waals surface area contributed by atoms with Crippen molar-refractivity contribution in [3.63, 3.8) is 0 Å². The van der Waals surface area contributed by atoms with Gasteiger partial charge < -0.3 is 14.3 Å². The summed E-state index contributed by atoms with van der Waals surface area (Å²) in [5.74, 6) is 1.15. The van der Waals surface area contributed by atoms with Crippen LogP contribution < -0.4 is 4.74 Å². The van der Waals surface area contributed by atoms with Crippen LogP contribution in [0.4, 0.5) is 5.69 Å². The summed E-state index contributed by atoms with van der Waals surface area (Å²) >= 11 is 0. The second-order valence-corrected chi connectivity index (χ2v) is 4.39. The SMILES string of the molecule is CCc1nnc(COc2ccc([N+](=O)[O-])cc2[C@H](C)O)o1. The molecule has 1 atom stereocenters. The number of nitro benzene ring substituents is 1. The van der Waals surface area contributed by atoms with E-state index in [-0.39, 0.29) is 12.3 Å². The number of hydrogen-bond acceptors (Lipinski definition) is 7. The number of benzene rings is 1. The summed E-state index contributed by atoms with van der Waals surface area (Å²) in [6, 6.07) is 4.04. The Morgan fingerprint density at radius 2 is 2.14 bits per heavy atom. The van der Waals surface area contributed by atoms with Crippen LogP contribution in [0.2, 0.25) is 0 Å². The molecule has 0 fully saturated rings. The molecule has 8 nitrogen and oxygen atoms in total. The molecule has 0 saturated carbocycles. The molecule has 0 amide bonds. The molecule has 0 radical (unpaired) electrons. The van der Waals surface area contributed by atoms with Gasteiger partial charge in [0.1, 0.15) is 5.75 Å². The van der Waals surface area contributed by atoms with E-state index in [0.29, 0.717) is 29.5 Å². The molecule has 1 aromatic heterocycles. The molecule has 21 heavy (non-hydrogen) atoms. The van der Waals surface area contributed by atoms with Crippen molar-refractivity contribution in [2.75, 3.05) is 0 Å². The molecule has 1 heterocycles. The Labute approximate surface area is 120 Å². The molecule has 112 valence electrons. The van der Waals surface area contributed by atoms with E-state index < -0.39 is 11.0 Å². The zero-order valence-electron chi connectivity index (χ0n) is 11.6. The standard InChI is InChI=1S/C13H15N3O5/c1-3-12-14-15-13(21-12)7-20-11-5-4-9(16(18)19)6-10(11)8(2)17/h4-6,8,17H,3,7H2,1-2H3/t8-/m0/s1. The van der Waals surface area contributed by atoms with Gasteiger partial charge in [0, 0.05) is 24.1 Å². The van der Waals surface area contributed by atoms with E-state index in [0.717, 1.165) is 0 Å². The van der Waals surface area contributed by atoms with Crippen molar-refractivity contribution < 1.29 is 19.2 Å². The number of rotatable bonds is 6. The van der Waals surface area contributed by atoms with Crippen molar-refractivity contribution in [2.45, 2.75) is 33.0 Å². The molecule has 2 rings (SSSR count). The number of ether oxygens (including phenoxy) is 1. The van der Waals surface area contributed by atoms with Crippen LogP contribution in [0.1, 0.15) is 37.3 Å². The molecular weight excluding hydrogens is 278 g/mol. The van der Waals surface area contributed by atoms with Gasteiger partial charge in [-0.05, 0) is 13.0 Å². The second-order valence-electron chi connectivity index (χ2n) is 4.39. The minimum Gasteiger partial charge on any atom is -0.483 e. The number of nitro groups is 1. The van der Waals surface area contributed by atoms with Crippen LogP contribution in [0.15, 0.2) is 22.6 Å². The summed E-state index contributed by atoms with van der Waals surface area (Å²) in [6.45, 7) is 3.43. The van der Waals surface area contributed by atoms with E-state index in [4.69, 9.17) is 9.15 Å². The number of non-ortho nitro benzene ring substituents is 1. The van der Waals surface area contributed by atoms with Gasteiger partial charge in [-0.25, -0.2) is 0 Å². The van der Waals surface area contributed by atoms with Gasteiger partial charge in [0.15, 0.2) is 6.61 Å². The van der Waals surface area contributed by atoms with Gasteiger partial charge in [-0.1, -0.05) is 6.92 Å². The van der Waals surface area contributed by atoms with Crippen LogP contribution in [0.3, 0.4) is 0 Å². The normalized spacial score (nSPS) is 12.1. The zero-order chi connectivity index (χ0) is 15.4. The highest BCUT2D eigenvalue weighted by molar-refractivity contribution is 5.44. The second kappa shape index (κ2) is 6.31. The maximum absolute atomic E-state index is 10.8. The van der Waals surface area contributed by atoms with Crippen LogP contribution in [-0.4, -0.2) is 20.2 Å². The van der Waals surface area contributed by atoms with Crippen molar-refractivity contribution in [1.29, 1.82) is 0 Å². The van der Waals surface area contributed by atoms with Gasteiger partial charge in [0.25, 0.3) is 11.6 Å². The van der Waals surface area contributed by atoms with Crippen LogP contribution in [-0.2, 0) is 13.0 Å². The molecule has 1 aromatic carbocycles. The number of hydrogen-bond donors (Lipinski definition) is 1. The molecule has 0 spiro atoms. The topological polar surface area (TPSA) is 112 Å². The Morgan fingerprint density at radius 1 is 1.43 bits per heavy atom. The minimum atomic E-state index is -0.895. The number of aryl methyl sites for hydroxylation is 1. The largest absolute Gasteiger partial charge is 0.483 e. The van der Waals surface area contributed by atoms with E-state index in [1.807, 2.05) is 6.92 Å². The maximum atomic E-state index is 10.8. The molecule has 1 N–H and O–H groups in total. The fraction of sp³-hybridized carbons (Fsp3) is 0.385. The lowest BCUT2D eigenvalue weighted by molar-refractivity contribution is -0.385. The summed E-state index contributed by atoms with van der Waals surface area (Å²) in [4.78, 5) is 10.2. The average Bonchev–Trinajstić information content (AvgIpc) is 2.92. The molecule has 0 saturated heterocycles. The van der Waals surface area contributed by atoms with Crippen LogP contribution in [0.25, 0.3) is 0 Å². The summed E-state index contributed by atoms with van der Waals surface area (Å²) in [5, 5.41) is 28.1. The van der Waals surface area contributed by atoms with Gasteiger partial charge in [-0.15, -0.1) is 10.2 Å². The first kappa shape index (κ1) is 14.9. The van der Waals surface area contributed by atoms with Gasteiger partial charge in [0.2, 0.25) is 5.89 Å². The Morgan fingerprint density at radius 3 is 2.71 bits per heavy atom. The van der Waals surface area contributed by atoms with Crippen molar-refractivity contribution in [3.05, 3.63) is 45.7 Å². The lowest BCUT2D eigenvalue weighted by Crippen LogP contribution is -2.02. The number of nitrogens with zero attached hydrogens (tertiary/aromatic N) is 3. The summed E-state index contributed by atoms with van der Waals surface area (Å²) in [7, 11) is 0. The Bertz CT molecular complexity index is 638. The number of aliphatic hydroxyl groups is 1. The Hall–Kier alpha value is -2.48. The van der Waals surface area contributed by atoms with Crippen LogP contribution in [0.5, 0.6) is 5.75 Å². The van der Waals surface area contributed by atoms with Gasteiger partial charge in [-0.3, -0.25) is 10.1 Å². The zero-order valence-corrected chi connectivity index (χ0v) is 11.6. The fourth-order valence-electron chi connectivity index (χ4n) is 1.74. The molecule has 0 aliphatic carbocycles. The Kier molecular flexibility index (Phi) is 4.49. The van der Waals surface area contributed by atoms with Crippen molar-refractivity contribution in [1.82, 2.24) is 10.2 Å². The lowest BCUT2D eigenvalue weighted by Gasteiger charge is -2.12. The quantitative estimate of drug-likeness (QED) is 0.641. The van der Waals surface area contributed by atoms with Crippen molar-refractivity contribution >= 4 is 5.69 Å². The van der Waals surface area contributed by atoms with Crippen molar-refractivity contribution in [3.8, 4) is 5.75 Å². The highest BCUT2D eigenvalue weighted by Gasteiger charge is 2.16. The van der Waals surface area contributed by atoms with E-state index in [2.05, 4.69) is 10.2 Å². The van der Waals surface area contributed by atoms with E-state index in [1.165, 1.54) is 25.1 Å². The minimum absolute atomic E-state index is 0.0323. The highest BCUT2D eigenvalue weighted by Crippen LogP contribution is 2.29. The molecule has 8 heteroatoms. The first-order valence-corrected chi connectivity index (χ1v) is 6.41. The first-order chi connectivity index (χ1) is 10.0. The molecule has 0 aliphatic rings. The van der Waals surface area contributed by atoms with Gasteiger partial charge in [-0.2, -0.15) is 0 Å². The molecular formula is C13H15N3O5. The predicted molar refractivity (Wildman–Crippen MR) is 71.7 cm³/mol. The highest BCUT2D eigenvalue weighted by atomic mass is 16.6. The van der Waals surface area contributed by atoms with E-state index in [9.17, 15) is 15.2 Å². The molecule has 0 aliphatic heterocycles. The van der Waals surface area contributed by atoms with Crippen LogP contribution in [0, 0.1) is 10.1 Å². The van der Waals surface area contributed by atoms with E-state index >= 15 is 0 Å². The predicted octanol–water partition coefficient (Wildman–Crippen LogP) is 2.17.